The van der Waals surface area contributed by atoms with Crippen LogP contribution in [0.25, 0.3) is 0 Å². The van der Waals surface area contributed by atoms with Crippen molar-refractivity contribution in [1.82, 2.24) is 5.32 Å². The van der Waals surface area contributed by atoms with Crippen LogP contribution in [-0.4, -0.2) is 12.5 Å². The van der Waals surface area contributed by atoms with Crippen LogP contribution in [0.1, 0.15) is 88.4 Å². The Morgan fingerprint density at radius 2 is 1.56 bits per heavy atom. The molecule has 1 amide bonds. The molecule has 0 saturated carbocycles. The van der Waals surface area contributed by atoms with Crippen LogP contribution in [0.15, 0.2) is 24.3 Å². The van der Waals surface area contributed by atoms with Gasteiger partial charge in [-0.15, -0.1) is 0 Å². The highest BCUT2D eigenvalue weighted by molar-refractivity contribution is 5.97. The van der Waals surface area contributed by atoms with Crippen molar-refractivity contribution in [1.29, 1.82) is 0 Å². The van der Waals surface area contributed by atoms with E-state index in [-0.39, 0.29) is 5.91 Å². The van der Waals surface area contributed by atoms with Crippen molar-refractivity contribution in [2.75, 3.05) is 6.61 Å². The van der Waals surface area contributed by atoms with E-state index < -0.39 is 0 Å². The molecule has 0 aliphatic rings. The van der Waals surface area contributed by atoms with Crippen molar-refractivity contribution < 1.29 is 9.53 Å². The Bertz CT molecular complexity index is 542. The predicted molar refractivity (Wildman–Crippen MR) is 105 cm³/mol. The van der Waals surface area contributed by atoms with Crippen LogP contribution in [0.3, 0.4) is 0 Å². The zero-order valence-corrected chi connectivity index (χ0v) is 15.9. The van der Waals surface area contributed by atoms with Gasteiger partial charge in [-0.05, 0) is 25.5 Å². The van der Waals surface area contributed by atoms with Crippen molar-refractivity contribution in [3.63, 3.8) is 0 Å². The minimum Gasteiger partial charge on any atom is -0.493 e. The normalized spacial score (nSPS) is 10.0. The quantitative estimate of drug-likeness (QED) is 0.283. The van der Waals surface area contributed by atoms with Crippen LogP contribution < -0.4 is 10.1 Å². The van der Waals surface area contributed by atoms with E-state index in [1.165, 1.54) is 57.8 Å². The fourth-order valence-electron chi connectivity index (χ4n) is 2.74. The molecule has 0 aliphatic heterocycles. The van der Waals surface area contributed by atoms with E-state index in [9.17, 15) is 4.79 Å². The molecule has 0 heterocycles. The van der Waals surface area contributed by atoms with Gasteiger partial charge in [0, 0.05) is 6.04 Å². The Morgan fingerprint density at radius 1 is 0.960 bits per heavy atom. The number of carbonyl (C=O) groups is 1. The maximum atomic E-state index is 12.0. The lowest BCUT2D eigenvalue weighted by atomic mass is 10.1. The molecule has 1 aromatic carbocycles. The van der Waals surface area contributed by atoms with Crippen LogP contribution in [0.5, 0.6) is 5.75 Å². The fourth-order valence-corrected chi connectivity index (χ4v) is 2.74. The van der Waals surface area contributed by atoms with E-state index in [1.54, 1.807) is 13.0 Å². The van der Waals surface area contributed by atoms with Gasteiger partial charge in [-0.2, -0.15) is 0 Å². The number of unbranched alkanes of at least 4 members (excludes halogenated alkanes) is 9. The van der Waals surface area contributed by atoms with Crippen LogP contribution in [0.2, 0.25) is 0 Å². The molecule has 138 valence electrons. The van der Waals surface area contributed by atoms with E-state index in [0.29, 0.717) is 17.9 Å². The summed E-state index contributed by atoms with van der Waals surface area (Å²) in [5, 5.41) is 2.55. The van der Waals surface area contributed by atoms with E-state index in [2.05, 4.69) is 24.2 Å². The van der Waals surface area contributed by atoms with Gasteiger partial charge in [0.2, 0.25) is 0 Å². The van der Waals surface area contributed by atoms with Crippen molar-refractivity contribution in [2.45, 2.75) is 78.1 Å². The molecule has 0 atom stereocenters. The lowest BCUT2D eigenvalue weighted by Gasteiger charge is -2.10. The SMILES string of the molecule is CC#CNC(=O)c1ccccc1OCCCCCCCCCCCC. The van der Waals surface area contributed by atoms with Gasteiger partial charge in [0.25, 0.3) is 5.91 Å². The molecule has 1 N–H and O–H groups in total. The molecule has 0 aliphatic carbocycles. The smallest absolute Gasteiger partial charge is 0.266 e. The molecule has 0 saturated heterocycles. The van der Waals surface area contributed by atoms with Crippen molar-refractivity contribution >= 4 is 5.91 Å². The first kappa shape index (κ1) is 21.1. The standard InChI is InChI=1S/C22H33NO2/c1-3-5-6-7-8-9-10-11-12-15-19-25-21-17-14-13-16-20(21)22(24)23-18-4-2/h13-14,16-17H,3,5-12,15,19H2,1-2H3,(H,23,24). The molecule has 3 nitrogen and oxygen atoms in total. The summed E-state index contributed by atoms with van der Waals surface area (Å²) in [5.41, 5.74) is 0.539. The van der Waals surface area contributed by atoms with Crippen molar-refractivity contribution in [2.24, 2.45) is 0 Å². The van der Waals surface area contributed by atoms with Crippen LogP contribution in [0.4, 0.5) is 0 Å². The Morgan fingerprint density at radius 3 is 2.20 bits per heavy atom. The van der Waals surface area contributed by atoms with Gasteiger partial charge in [0.1, 0.15) is 5.75 Å². The molecule has 1 aromatic rings. The highest BCUT2D eigenvalue weighted by Gasteiger charge is 2.10. The summed E-state index contributed by atoms with van der Waals surface area (Å²) in [6, 6.07) is 9.90. The second kappa shape index (κ2) is 14.4. The molecule has 0 fully saturated rings. The van der Waals surface area contributed by atoms with Crippen molar-refractivity contribution in [3.05, 3.63) is 29.8 Å². The number of nitrogens with one attached hydrogen (secondary N) is 1. The summed E-state index contributed by atoms with van der Waals surface area (Å²) in [6.07, 6.45) is 13.0. The molecule has 0 spiro atoms. The summed E-state index contributed by atoms with van der Waals surface area (Å²) < 4.78 is 5.80. The Labute approximate surface area is 153 Å². The first-order valence-electron chi connectivity index (χ1n) is 9.73. The fraction of sp³-hybridized carbons (Fsp3) is 0.591. The molecule has 1 rings (SSSR count). The zero-order chi connectivity index (χ0) is 18.2. The number of rotatable bonds is 13. The zero-order valence-electron chi connectivity index (χ0n) is 15.9. The first-order chi connectivity index (χ1) is 12.3. The third kappa shape index (κ3) is 9.82. The molecule has 3 heteroatoms. The number of para-hydroxylation sites is 1. The highest BCUT2D eigenvalue weighted by Crippen LogP contribution is 2.18. The summed E-state index contributed by atoms with van der Waals surface area (Å²) in [6.45, 7) is 4.60. The third-order valence-corrected chi connectivity index (χ3v) is 4.19. The Hall–Kier alpha value is -1.95. The number of hydrogen-bond donors (Lipinski definition) is 1. The average molecular weight is 344 g/mol. The number of benzene rings is 1. The Kier molecular flexibility index (Phi) is 12.1. The summed E-state index contributed by atoms with van der Waals surface area (Å²) in [7, 11) is 0. The summed E-state index contributed by atoms with van der Waals surface area (Å²) >= 11 is 0. The molecule has 0 unspecified atom stereocenters. The van der Waals surface area contributed by atoms with Gasteiger partial charge < -0.3 is 4.74 Å². The monoisotopic (exact) mass is 343 g/mol. The van der Waals surface area contributed by atoms with Crippen LogP contribution in [-0.2, 0) is 0 Å². The highest BCUT2D eigenvalue weighted by atomic mass is 16.5. The number of amides is 1. The Balaban J connectivity index is 2.15. The molecular formula is C22H33NO2. The average Bonchev–Trinajstić information content (AvgIpc) is 2.64. The van der Waals surface area contributed by atoms with Gasteiger partial charge in [-0.25, -0.2) is 0 Å². The van der Waals surface area contributed by atoms with Crippen LogP contribution in [0, 0.1) is 12.0 Å². The predicted octanol–water partition coefficient (Wildman–Crippen LogP) is 5.70. The lowest BCUT2D eigenvalue weighted by Crippen LogP contribution is -2.18. The molecular weight excluding hydrogens is 310 g/mol. The lowest BCUT2D eigenvalue weighted by molar-refractivity contribution is 0.0969. The minimum absolute atomic E-state index is 0.215. The summed E-state index contributed by atoms with van der Waals surface area (Å²) in [4.78, 5) is 12.0. The maximum Gasteiger partial charge on any atom is 0.266 e. The third-order valence-electron chi connectivity index (χ3n) is 4.19. The largest absolute Gasteiger partial charge is 0.493 e. The second-order valence-corrected chi connectivity index (χ2v) is 6.36. The molecule has 0 bridgehead atoms. The van der Waals surface area contributed by atoms with Crippen LogP contribution >= 0.6 is 0 Å². The molecule has 25 heavy (non-hydrogen) atoms. The number of hydrogen-bond acceptors (Lipinski definition) is 2. The van der Waals surface area contributed by atoms with Gasteiger partial charge in [-0.3, -0.25) is 10.1 Å². The summed E-state index contributed by atoms with van der Waals surface area (Å²) in [5.74, 6) is 3.07. The van der Waals surface area contributed by atoms with E-state index >= 15 is 0 Å². The molecule has 0 aromatic heterocycles. The van der Waals surface area contributed by atoms with Gasteiger partial charge in [0.05, 0.1) is 12.2 Å². The first-order valence-corrected chi connectivity index (χ1v) is 9.73. The van der Waals surface area contributed by atoms with E-state index in [0.717, 1.165) is 6.42 Å². The van der Waals surface area contributed by atoms with Crippen molar-refractivity contribution in [3.8, 4) is 17.7 Å². The second-order valence-electron chi connectivity index (χ2n) is 6.36. The topological polar surface area (TPSA) is 38.3 Å². The van der Waals surface area contributed by atoms with E-state index in [1.807, 2.05) is 18.2 Å². The van der Waals surface area contributed by atoms with Gasteiger partial charge in [0.15, 0.2) is 0 Å². The van der Waals surface area contributed by atoms with Gasteiger partial charge >= 0.3 is 0 Å². The number of ether oxygens (including phenoxy) is 1. The maximum absolute atomic E-state index is 12.0. The van der Waals surface area contributed by atoms with Gasteiger partial charge in [-0.1, -0.05) is 82.8 Å². The molecule has 0 radical (unpaired) electrons. The number of carbonyl (C=O) groups excluding carboxylic acids is 1. The minimum atomic E-state index is -0.215. The van der Waals surface area contributed by atoms with E-state index in [4.69, 9.17) is 4.74 Å².